The Hall–Kier alpha value is -2.25. The van der Waals surface area contributed by atoms with Crippen molar-refractivity contribution in [3.05, 3.63) is 34.9 Å². The van der Waals surface area contributed by atoms with E-state index >= 15 is 0 Å². The van der Waals surface area contributed by atoms with Gasteiger partial charge >= 0.3 is 0 Å². The van der Waals surface area contributed by atoms with Gasteiger partial charge < -0.3 is 16.0 Å². The fourth-order valence-electron chi connectivity index (χ4n) is 3.80. The maximum Gasteiger partial charge on any atom is 0.255 e. The average molecular weight is 372 g/mol. The number of nitrogens with zero attached hydrogens (tertiary/aromatic N) is 1. The predicted molar refractivity (Wildman–Crippen MR) is 102 cm³/mol. The van der Waals surface area contributed by atoms with Gasteiger partial charge in [-0.05, 0) is 49.9 Å². The number of amides is 3. The van der Waals surface area contributed by atoms with Crippen LogP contribution in [0.25, 0.3) is 0 Å². The van der Waals surface area contributed by atoms with Crippen molar-refractivity contribution in [3.63, 3.8) is 0 Å². The molecule has 0 bridgehead atoms. The molecule has 3 amide bonds. The first-order valence-corrected chi connectivity index (χ1v) is 9.70. The van der Waals surface area contributed by atoms with Crippen LogP contribution in [0.2, 0.25) is 0 Å². The van der Waals surface area contributed by atoms with Gasteiger partial charge in [-0.3, -0.25) is 19.7 Å². The smallest absolute Gasteiger partial charge is 0.255 e. The van der Waals surface area contributed by atoms with E-state index in [-0.39, 0.29) is 24.1 Å². The van der Waals surface area contributed by atoms with Gasteiger partial charge in [0.2, 0.25) is 11.8 Å². The van der Waals surface area contributed by atoms with Crippen molar-refractivity contribution in [3.8, 4) is 0 Å². The minimum Gasteiger partial charge on any atom is -0.330 e. The highest BCUT2D eigenvalue weighted by molar-refractivity contribution is 6.05. The molecule has 2 heterocycles. The van der Waals surface area contributed by atoms with Gasteiger partial charge in [-0.15, -0.1) is 0 Å². The molecule has 0 spiro atoms. The normalized spacial score (nSPS) is 20.6. The topological polar surface area (TPSA) is 105 Å². The number of fused-ring (bicyclic) bond motifs is 1. The van der Waals surface area contributed by atoms with Gasteiger partial charge in [-0.2, -0.15) is 0 Å². The Morgan fingerprint density at radius 2 is 2.11 bits per heavy atom. The second kappa shape index (κ2) is 8.63. The van der Waals surface area contributed by atoms with Gasteiger partial charge in [0.05, 0.1) is 0 Å². The molecule has 2 atom stereocenters. The van der Waals surface area contributed by atoms with Crippen LogP contribution in [0, 0.1) is 0 Å². The molecule has 0 radical (unpaired) electrons. The molecule has 7 nitrogen and oxygen atoms in total. The molecule has 0 saturated carbocycles. The Balaban J connectivity index is 1.67. The zero-order valence-corrected chi connectivity index (χ0v) is 15.8. The van der Waals surface area contributed by atoms with Gasteiger partial charge in [-0.1, -0.05) is 18.6 Å². The first-order chi connectivity index (χ1) is 13.0. The average Bonchev–Trinajstić information content (AvgIpc) is 2.97. The molecule has 0 aromatic heterocycles. The first kappa shape index (κ1) is 19.5. The molecule has 146 valence electrons. The van der Waals surface area contributed by atoms with Gasteiger partial charge in [0.15, 0.2) is 0 Å². The predicted octanol–water partition coefficient (Wildman–Crippen LogP) is 1.05. The highest BCUT2D eigenvalue weighted by Gasteiger charge is 2.39. The number of piperidine rings is 1. The molecular formula is C20H28N4O3. The van der Waals surface area contributed by atoms with E-state index in [1.54, 1.807) is 4.90 Å². The summed E-state index contributed by atoms with van der Waals surface area (Å²) in [5, 5.41) is 5.86. The summed E-state index contributed by atoms with van der Waals surface area (Å²) < 4.78 is 0. The highest BCUT2D eigenvalue weighted by atomic mass is 16.2. The van der Waals surface area contributed by atoms with Crippen molar-refractivity contribution < 1.29 is 14.4 Å². The van der Waals surface area contributed by atoms with Crippen LogP contribution in [-0.2, 0) is 22.7 Å². The summed E-state index contributed by atoms with van der Waals surface area (Å²) >= 11 is 0. The number of imide groups is 1. The molecule has 1 aromatic rings. The highest BCUT2D eigenvalue weighted by Crippen LogP contribution is 2.29. The van der Waals surface area contributed by atoms with Crippen molar-refractivity contribution in [1.29, 1.82) is 0 Å². The summed E-state index contributed by atoms with van der Waals surface area (Å²) in [6.07, 6.45) is 3.84. The van der Waals surface area contributed by atoms with Gasteiger partial charge in [0, 0.05) is 31.1 Å². The van der Waals surface area contributed by atoms with Gasteiger partial charge in [-0.25, -0.2) is 0 Å². The van der Waals surface area contributed by atoms with Crippen molar-refractivity contribution in [2.75, 3.05) is 6.54 Å². The molecule has 2 unspecified atom stereocenters. The number of hydrogen-bond donors (Lipinski definition) is 3. The maximum atomic E-state index is 12.8. The lowest BCUT2D eigenvalue weighted by Crippen LogP contribution is -2.52. The van der Waals surface area contributed by atoms with E-state index in [2.05, 4.69) is 17.6 Å². The maximum absolute atomic E-state index is 12.8. The molecule has 7 heteroatoms. The van der Waals surface area contributed by atoms with Crippen LogP contribution in [0.15, 0.2) is 18.2 Å². The third-order valence-corrected chi connectivity index (χ3v) is 5.41. The summed E-state index contributed by atoms with van der Waals surface area (Å²) in [5.41, 5.74) is 8.27. The Labute approximate surface area is 159 Å². The van der Waals surface area contributed by atoms with Gasteiger partial charge in [0.1, 0.15) is 6.04 Å². The van der Waals surface area contributed by atoms with Crippen molar-refractivity contribution in [2.24, 2.45) is 5.73 Å². The van der Waals surface area contributed by atoms with Crippen LogP contribution in [0.1, 0.15) is 60.5 Å². The minimum absolute atomic E-state index is 0.127. The Bertz CT molecular complexity index is 734. The molecule has 2 aliphatic heterocycles. The number of rotatable bonds is 8. The van der Waals surface area contributed by atoms with Crippen molar-refractivity contribution in [2.45, 2.75) is 64.2 Å². The van der Waals surface area contributed by atoms with Crippen molar-refractivity contribution >= 4 is 17.7 Å². The summed E-state index contributed by atoms with van der Waals surface area (Å²) in [7, 11) is 0. The second-order valence-electron chi connectivity index (χ2n) is 7.41. The summed E-state index contributed by atoms with van der Waals surface area (Å²) in [4.78, 5) is 38.0. The van der Waals surface area contributed by atoms with E-state index in [1.165, 1.54) is 0 Å². The Morgan fingerprint density at radius 1 is 1.30 bits per heavy atom. The largest absolute Gasteiger partial charge is 0.330 e. The molecule has 1 aromatic carbocycles. The lowest BCUT2D eigenvalue weighted by Gasteiger charge is -2.29. The fraction of sp³-hybridized carbons (Fsp3) is 0.550. The van der Waals surface area contributed by atoms with Crippen LogP contribution in [0.3, 0.4) is 0 Å². The van der Waals surface area contributed by atoms with Crippen molar-refractivity contribution in [1.82, 2.24) is 15.5 Å². The van der Waals surface area contributed by atoms with Gasteiger partial charge in [0.25, 0.3) is 5.91 Å². The minimum atomic E-state index is -0.571. The zero-order valence-electron chi connectivity index (χ0n) is 15.8. The summed E-state index contributed by atoms with van der Waals surface area (Å²) in [5.74, 6) is -0.771. The molecule has 3 rings (SSSR count). The number of nitrogens with two attached hydrogens (primary N) is 1. The summed E-state index contributed by atoms with van der Waals surface area (Å²) in [6.45, 7) is 3.97. The van der Waals surface area contributed by atoms with Crippen LogP contribution >= 0.6 is 0 Å². The van der Waals surface area contributed by atoms with E-state index in [0.717, 1.165) is 36.9 Å². The van der Waals surface area contributed by atoms with Crippen LogP contribution in [-0.4, -0.2) is 41.2 Å². The van der Waals surface area contributed by atoms with E-state index < -0.39 is 6.04 Å². The quantitative estimate of drug-likeness (QED) is 0.467. The molecule has 2 aliphatic rings. The Kier molecular flexibility index (Phi) is 6.23. The molecule has 0 aliphatic carbocycles. The molecular weight excluding hydrogens is 344 g/mol. The number of carbonyl (C=O) groups excluding carboxylic acids is 3. The second-order valence-corrected chi connectivity index (χ2v) is 7.41. The molecule has 1 fully saturated rings. The van der Waals surface area contributed by atoms with E-state index in [0.29, 0.717) is 31.1 Å². The van der Waals surface area contributed by atoms with Crippen LogP contribution in [0.5, 0.6) is 0 Å². The number of hydrogen-bond acceptors (Lipinski definition) is 5. The lowest BCUT2D eigenvalue weighted by molar-refractivity contribution is -0.136. The van der Waals surface area contributed by atoms with Crippen LogP contribution in [0.4, 0.5) is 0 Å². The lowest BCUT2D eigenvalue weighted by atomic mass is 10.0. The zero-order chi connectivity index (χ0) is 19.4. The Morgan fingerprint density at radius 3 is 2.85 bits per heavy atom. The number of carbonyl (C=O) groups is 3. The standard InChI is InChI=1S/C20H28N4O3/c1-13(5-2-3-10-21)22-11-14-6-4-7-15-16(14)12-24(20(15)27)17-8-9-18(25)23-19(17)26/h4,6-7,13,17,22H,2-3,5,8-12,21H2,1H3,(H,23,25,26). The van der Waals surface area contributed by atoms with E-state index in [9.17, 15) is 14.4 Å². The molecule has 27 heavy (non-hydrogen) atoms. The number of nitrogens with one attached hydrogen (secondary N) is 2. The number of benzene rings is 1. The van der Waals surface area contributed by atoms with E-state index in [4.69, 9.17) is 5.73 Å². The number of unbranched alkanes of at least 4 members (excludes halogenated alkanes) is 1. The summed E-state index contributed by atoms with van der Waals surface area (Å²) in [6, 6.07) is 5.53. The SMILES string of the molecule is CC(CCCCN)NCc1cccc2c1CN(C1CCC(=O)NC1=O)C2=O. The molecule has 4 N–H and O–H groups in total. The monoisotopic (exact) mass is 372 g/mol. The van der Waals surface area contributed by atoms with Crippen LogP contribution < -0.4 is 16.4 Å². The molecule has 1 saturated heterocycles. The third kappa shape index (κ3) is 4.36. The first-order valence-electron chi connectivity index (χ1n) is 9.70. The van der Waals surface area contributed by atoms with E-state index in [1.807, 2.05) is 18.2 Å². The fourth-order valence-corrected chi connectivity index (χ4v) is 3.80. The third-order valence-electron chi connectivity index (χ3n) is 5.41.